The summed E-state index contributed by atoms with van der Waals surface area (Å²) in [6, 6.07) is 14.1. The summed E-state index contributed by atoms with van der Waals surface area (Å²) >= 11 is 0. The zero-order valence-electron chi connectivity index (χ0n) is 9.75. The van der Waals surface area contributed by atoms with Gasteiger partial charge in [0.05, 0.1) is 0 Å². The number of alkyl halides is 1. The number of rotatable bonds is 1. The van der Waals surface area contributed by atoms with Crippen LogP contribution in [0.1, 0.15) is 18.4 Å². The van der Waals surface area contributed by atoms with Gasteiger partial charge in [-0.15, -0.1) is 0 Å². The van der Waals surface area contributed by atoms with Gasteiger partial charge >= 0.3 is 0 Å². The first kappa shape index (κ1) is 10.7. The van der Waals surface area contributed by atoms with Crippen molar-refractivity contribution in [1.29, 1.82) is 0 Å². The molecule has 1 aliphatic heterocycles. The molecule has 1 saturated heterocycles. The molecule has 0 amide bonds. The number of fused-ring (bicyclic) bond motifs is 1. The van der Waals surface area contributed by atoms with E-state index in [-0.39, 0.29) is 0 Å². The predicted molar refractivity (Wildman–Crippen MR) is 68.8 cm³/mol. The van der Waals surface area contributed by atoms with Crippen molar-refractivity contribution >= 4 is 10.8 Å². The summed E-state index contributed by atoms with van der Waals surface area (Å²) in [4.78, 5) is 0. The lowest BCUT2D eigenvalue weighted by Crippen LogP contribution is -2.36. The number of hydrogen-bond donors (Lipinski definition) is 1. The Kier molecular flexibility index (Phi) is 2.60. The number of hydrogen-bond acceptors (Lipinski definition) is 1. The van der Waals surface area contributed by atoms with Gasteiger partial charge < -0.3 is 5.32 Å². The molecule has 0 radical (unpaired) electrons. The minimum atomic E-state index is -1.14. The molecule has 2 aromatic carbocycles. The van der Waals surface area contributed by atoms with Gasteiger partial charge in [0, 0.05) is 0 Å². The predicted octanol–water partition coefficient (Wildman–Crippen LogP) is 3.39. The van der Waals surface area contributed by atoms with E-state index >= 15 is 0 Å². The van der Waals surface area contributed by atoms with Gasteiger partial charge in [0.15, 0.2) is 0 Å². The second kappa shape index (κ2) is 4.11. The third kappa shape index (κ3) is 1.93. The zero-order chi connectivity index (χ0) is 11.7. The monoisotopic (exact) mass is 229 g/mol. The van der Waals surface area contributed by atoms with Crippen LogP contribution >= 0.6 is 0 Å². The van der Waals surface area contributed by atoms with E-state index in [2.05, 4.69) is 11.4 Å². The molecule has 1 nitrogen and oxygen atoms in total. The molecule has 1 aliphatic rings. The van der Waals surface area contributed by atoms with Crippen LogP contribution in [0, 0.1) is 0 Å². The molecule has 0 bridgehead atoms. The van der Waals surface area contributed by atoms with Crippen molar-refractivity contribution in [3.63, 3.8) is 0 Å². The second-order valence-corrected chi connectivity index (χ2v) is 4.78. The molecule has 0 unspecified atom stereocenters. The molecule has 1 fully saturated rings. The highest BCUT2D eigenvalue weighted by molar-refractivity contribution is 5.83. The lowest BCUT2D eigenvalue weighted by molar-refractivity contribution is 0.115. The minimum absolute atomic E-state index is 0.575. The first-order valence-corrected chi connectivity index (χ1v) is 6.17. The van der Waals surface area contributed by atoms with Gasteiger partial charge in [-0.25, -0.2) is 4.39 Å². The van der Waals surface area contributed by atoms with Crippen LogP contribution in [0.5, 0.6) is 0 Å². The van der Waals surface area contributed by atoms with Gasteiger partial charge in [0.1, 0.15) is 5.67 Å². The van der Waals surface area contributed by atoms with E-state index in [1.54, 1.807) is 0 Å². The number of benzene rings is 2. The highest BCUT2D eigenvalue weighted by Crippen LogP contribution is 2.36. The Morgan fingerprint density at radius 2 is 1.65 bits per heavy atom. The number of halogens is 1. The van der Waals surface area contributed by atoms with E-state index in [4.69, 9.17) is 0 Å². The Morgan fingerprint density at radius 1 is 0.941 bits per heavy atom. The molecule has 88 valence electrons. The van der Waals surface area contributed by atoms with Gasteiger partial charge in [-0.2, -0.15) is 0 Å². The molecular weight excluding hydrogens is 213 g/mol. The summed E-state index contributed by atoms with van der Waals surface area (Å²) in [5, 5.41) is 5.51. The van der Waals surface area contributed by atoms with Gasteiger partial charge in [-0.3, -0.25) is 0 Å². The highest BCUT2D eigenvalue weighted by atomic mass is 19.1. The van der Waals surface area contributed by atoms with Gasteiger partial charge in [0.25, 0.3) is 0 Å². The van der Waals surface area contributed by atoms with E-state index in [0.29, 0.717) is 12.8 Å². The maximum absolute atomic E-state index is 14.8. The summed E-state index contributed by atoms with van der Waals surface area (Å²) in [6.45, 7) is 1.53. The molecule has 0 aliphatic carbocycles. The summed E-state index contributed by atoms with van der Waals surface area (Å²) < 4.78 is 14.8. The normalized spacial score (nSPS) is 19.4. The molecule has 2 aromatic rings. The molecule has 1 N–H and O–H groups in total. The second-order valence-electron chi connectivity index (χ2n) is 4.78. The highest BCUT2D eigenvalue weighted by Gasteiger charge is 2.33. The Labute approximate surface area is 101 Å². The lowest BCUT2D eigenvalue weighted by atomic mass is 9.86. The fourth-order valence-electron chi connectivity index (χ4n) is 2.58. The quantitative estimate of drug-likeness (QED) is 0.790. The molecule has 3 rings (SSSR count). The van der Waals surface area contributed by atoms with Crippen LogP contribution in [0.15, 0.2) is 42.5 Å². The standard InChI is InChI=1S/C15H16FN/c16-15(7-9-17-10-8-15)14-6-5-12-3-1-2-4-13(12)11-14/h1-6,11,17H,7-10H2. The van der Waals surface area contributed by atoms with Crippen LogP contribution in [0.4, 0.5) is 4.39 Å². The molecule has 17 heavy (non-hydrogen) atoms. The average molecular weight is 229 g/mol. The van der Waals surface area contributed by atoms with Gasteiger partial charge in [-0.05, 0) is 48.3 Å². The minimum Gasteiger partial charge on any atom is -0.316 e. The molecular formula is C15H16FN. The summed E-state index contributed by atoms with van der Waals surface area (Å²) in [5.41, 5.74) is -0.312. The Morgan fingerprint density at radius 3 is 2.41 bits per heavy atom. The molecule has 1 heterocycles. The number of piperidine rings is 1. The van der Waals surface area contributed by atoms with Crippen molar-refractivity contribution in [3.8, 4) is 0 Å². The van der Waals surface area contributed by atoms with Crippen molar-refractivity contribution in [2.24, 2.45) is 0 Å². The molecule has 0 aromatic heterocycles. The Bertz CT molecular complexity index is 529. The third-order valence-corrected chi connectivity index (χ3v) is 3.66. The lowest BCUT2D eigenvalue weighted by Gasteiger charge is -2.30. The van der Waals surface area contributed by atoms with Gasteiger partial charge in [0.2, 0.25) is 0 Å². The Balaban J connectivity index is 2.05. The summed E-state index contributed by atoms with van der Waals surface area (Å²) in [5.74, 6) is 0. The van der Waals surface area contributed by atoms with Crippen molar-refractivity contribution in [1.82, 2.24) is 5.32 Å². The van der Waals surface area contributed by atoms with E-state index < -0.39 is 5.67 Å². The molecule has 0 atom stereocenters. The van der Waals surface area contributed by atoms with Crippen LogP contribution in [-0.4, -0.2) is 13.1 Å². The fourth-order valence-corrected chi connectivity index (χ4v) is 2.58. The zero-order valence-corrected chi connectivity index (χ0v) is 9.75. The van der Waals surface area contributed by atoms with Crippen LogP contribution in [0.2, 0.25) is 0 Å². The van der Waals surface area contributed by atoms with Crippen LogP contribution < -0.4 is 5.32 Å². The van der Waals surface area contributed by atoms with E-state index in [1.165, 1.54) is 5.39 Å². The summed E-state index contributed by atoms with van der Waals surface area (Å²) in [6.07, 6.45) is 1.15. The molecule has 2 heteroatoms. The average Bonchev–Trinajstić information content (AvgIpc) is 2.39. The SMILES string of the molecule is FC1(c2ccc3ccccc3c2)CCNCC1. The van der Waals surface area contributed by atoms with Crippen molar-refractivity contribution in [2.75, 3.05) is 13.1 Å². The third-order valence-electron chi connectivity index (χ3n) is 3.66. The van der Waals surface area contributed by atoms with Crippen LogP contribution in [-0.2, 0) is 5.67 Å². The van der Waals surface area contributed by atoms with Crippen molar-refractivity contribution in [3.05, 3.63) is 48.0 Å². The molecule has 0 saturated carbocycles. The smallest absolute Gasteiger partial charge is 0.138 e. The fraction of sp³-hybridized carbons (Fsp3) is 0.333. The maximum atomic E-state index is 14.8. The van der Waals surface area contributed by atoms with Crippen LogP contribution in [0.3, 0.4) is 0 Å². The van der Waals surface area contributed by atoms with Gasteiger partial charge in [-0.1, -0.05) is 36.4 Å². The number of nitrogens with one attached hydrogen (secondary N) is 1. The Hall–Kier alpha value is -1.41. The van der Waals surface area contributed by atoms with E-state index in [0.717, 1.165) is 24.0 Å². The van der Waals surface area contributed by atoms with Crippen molar-refractivity contribution in [2.45, 2.75) is 18.5 Å². The van der Waals surface area contributed by atoms with E-state index in [9.17, 15) is 4.39 Å². The van der Waals surface area contributed by atoms with E-state index in [1.807, 2.05) is 36.4 Å². The summed E-state index contributed by atoms with van der Waals surface area (Å²) in [7, 11) is 0. The van der Waals surface area contributed by atoms with Crippen LogP contribution in [0.25, 0.3) is 10.8 Å². The first-order valence-electron chi connectivity index (χ1n) is 6.17. The van der Waals surface area contributed by atoms with Crippen molar-refractivity contribution < 1.29 is 4.39 Å². The molecule has 0 spiro atoms. The maximum Gasteiger partial charge on any atom is 0.138 e. The first-order chi connectivity index (χ1) is 8.28. The topological polar surface area (TPSA) is 12.0 Å². The largest absolute Gasteiger partial charge is 0.316 e.